The molecule has 0 amide bonds. The van der Waals surface area contributed by atoms with Gasteiger partial charge in [-0.2, -0.15) is 0 Å². The molecule has 0 saturated carbocycles. The molecule has 34 heavy (non-hydrogen) atoms. The van der Waals surface area contributed by atoms with Gasteiger partial charge in [-0.15, -0.1) is 0 Å². The van der Waals surface area contributed by atoms with Gasteiger partial charge in [-0.1, -0.05) is 60.7 Å². The van der Waals surface area contributed by atoms with Crippen molar-refractivity contribution in [1.82, 2.24) is 9.97 Å². The number of carbonyl (C=O) groups excluding carboxylic acids is 2. The van der Waals surface area contributed by atoms with E-state index in [-0.39, 0.29) is 11.6 Å². The van der Waals surface area contributed by atoms with E-state index in [9.17, 15) is 9.59 Å². The van der Waals surface area contributed by atoms with Gasteiger partial charge < -0.3 is 0 Å². The summed E-state index contributed by atoms with van der Waals surface area (Å²) in [5, 5.41) is 0. The summed E-state index contributed by atoms with van der Waals surface area (Å²) in [5.41, 5.74) is 5.28. The van der Waals surface area contributed by atoms with Crippen LogP contribution in [0.25, 0.3) is 23.3 Å². The van der Waals surface area contributed by atoms with Crippen molar-refractivity contribution in [3.05, 3.63) is 132 Å². The Kier molecular flexibility index (Phi) is 8.94. The van der Waals surface area contributed by atoms with Crippen molar-refractivity contribution in [1.29, 1.82) is 0 Å². The van der Waals surface area contributed by atoms with Gasteiger partial charge in [0, 0.05) is 35.9 Å². The van der Waals surface area contributed by atoms with Crippen molar-refractivity contribution in [2.24, 2.45) is 0 Å². The van der Waals surface area contributed by atoms with E-state index in [1.54, 1.807) is 38.6 Å². The van der Waals surface area contributed by atoms with Gasteiger partial charge in [0.25, 0.3) is 0 Å². The predicted molar refractivity (Wildman–Crippen MR) is 138 cm³/mol. The maximum absolute atomic E-state index is 11.7. The Bertz CT molecular complexity index is 1160. The first-order valence-electron chi connectivity index (χ1n) is 10.9. The number of pyridine rings is 2. The third-order valence-corrected chi connectivity index (χ3v) is 4.96. The summed E-state index contributed by atoms with van der Waals surface area (Å²) in [6.07, 6.45) is 10.6. The van der Waals surface area contributed by atoms with Crippen molar-refractivity contribution in [3.8, 4) is 0 Å². The van der Waals surface area contributed by atoms with Gasteiger partial charge in [0.2, 0.25) is 0 Å². The molecule has 2 heterocycles. The Morgan fingerprint density at radius 3 is 1.15 bits per heavy atom. The first-order chi connectivity index (χ1) is 16.5. The number of benzene rings is 2. The standard InChI is InChI=1S/2C15H13NO/c2*1-12(17)15(14-5-3-2-4-6-14)11-13-7-9-16-10-8-13/h2*2-11H,1H3. The van der Waals surface area contributed by atoms with Crippen LogP contribution in [0.2, 0.25) is 0 Å². The second-order valence-corrected chi connectivity index (χ2v) is 7.52. The van der Waals surface area contributed by atoms with E-state index < -0.39 is 0 Å². The second kappa shape index (κ2) is 12.6. The lowest BCUT2D eigenvalue weighted by atomic mass is 10.0. The molecule has 2 aromatic heterocycles. The predicted octanol–water partition coefficient (Wildman–Crippen LogP) is 6.42. The zero-order valence-corrected chi connectivity index (χ0v) is 19.3. The molecule has 4 heteroatoms. The Morgan fingerprint density at radius 2 is 0.853 bits per heavy atom. The maximum atomic E-state index is 11.7. The molecule has 0 aliphatic heterocycles. The van der Waals surface area contributed by atoms with Crippen LogP contribution in [0.15, 0.2) is 110 Å². The molecule has 0 bridgehead atoms. The van der Waals surface area contributed by atoms with Crippen LogP contribution in [0.1, 0.15) is 36.1 Å². The zero-order chi connectivity index (χ0) is 24.2. The Labute approximate surface area is 200 Å². The van der Waals surface area contributed by atoms with Gasteiger partial charge in [-0.25, -0.2) is 0 Å². The average molecular weight is 447 g/mol. The maximum Gasteiger partial charge on any atom is 0.160 e. The van der Waals surface area contributed by atoms with Gasteiger partial charge in [0.05, 0.1) is 0 Å². The Morgan fingerprint density at radius 1 is 0.529 bits per heavy atom. The summed E-state index contributed by atoms with van der Waals surface area (Å²) in [5.74, 6) is 0.126. The molecule has 0 fully saturated rings. The fourth-order valence-corrected chi connectivity index (χ4v) is 3.26. The van der Waals surface area contributed by atoms with Crippen LogP contribution in [0, 0.1) is 0 Å². The van der Waals surface area contributed by atoms with Crippen LogP contribution >= 0.6 is 0 Å². The van der Waals surface area contributed by atoms with E-state index in [4.69, 9.17) is 0 Å². The number of carbonyl (C=O) groups is 2. The lowest BCUT2D eigenvalue weighted by Crippen LogP contribution is -1.95. The van der Waals surface area contributed by atoms with Crippen LogP contribution in [0.3, 0.4) is 0 Å². The lowest BCUT2D eigenvalue weighted by molar-refractivity contribution is -0.112. The smallest absolute Gasteiger partial charge is 0.160 e. The van der Waals surface area contributed by atoms with Gasteiger partial charge in [-0.05, 0) is 72.5 Å². The highest BCUT2D eigenvalue weighted by Crippen LogP contribution is 2.19. The van der Waals surface area contributed by atoms with Crippen molar-refractivity contribution < 1.29 is 9.59 Å². The van der Waals surface area contributed by atoms with Gasteiger partial charge in [0.1, 0.15) is 0 Å². The topological polar surface area (TPSA) is 59.9 Å². The van der Waals surface area contributed by atoms with Crippen LogP contribution < -0.4 is 0 Å². The van der Waals surface area contributed by atoms with Crippen LogP contribution in [-0.4, -0.2) is 21.5 Å². The van der Waals surface area contributed by atoms with Crippen molar-refractivity contribution in [2.75, 3.05) is 0 Å². The molecule has 0 unspecified atom stereocenters. The molecular formula is C30H26N2O2. The van der Waals surface area contributed by atoms with Gasteiger partial charge in [0.15, 0.2) is 11.6 Å². The Hall–Kier alpha value is -4.44. The SMILES string of the molecule is CC(=O)C(=Cc1ccncc1)c1ccccc1.CC(=O)C(=Cc1ccncc1)c1ccccc1. The number of ketones is 2. The normalized spacial score (nSPS) is 11.2. The fourth-order valence-electron chi connectivity index (χ4n) is 3.26. The van der Waals surface area contributed by atoms with Crippen LogP contribution in [0.5, 0.6) is 0 Å². The number of allylic oxidation sites excluding steroid dienone is 2. The molecular weight excluding hydrogens is 420 g/mol. The van der Waals surface area contributed by atoms with Gasteiger partial charge in [-0.3, -0.25) is 19.6 Å². The molecule has 0 saturated heterocycles. The summed E-state index contributed by atoms with van der Waals surface area (Å²) in [6.45, 7) is 3.17. The largest absolute Gasteiger partial charge is 0.294 e. The fraction of sp³-hybridized carbons (Fsp3) is 0.0667. The molecule has 4 rings (SSSR count). The molecule has 0 aliphatic rings. The van der Waals surface area contributed by atoms with E-state index in [1.807, 2.05) is 97.1 Å². The number of rotatable bonds is 6. The van der Waals surface area contributed by atoms with E-state index in [0.29, 0.717) is 0 Å². The van der Waals surface area contributed by atoms with Crippen molar-refractivity contribution in [3.63, 3.8) is 0 Å². The second-order valence-electron chi connectivity index (χ2n) is 7.52. The minimum atomic E-state index is 0.0630. The third kappa shape index (κ3) is 7.31. The van der Waals surface area contributed by atoms with E-state index >= 15 is 0 Å². The summed E-state index contributed by atoms with van der Waals surface area (Å²) in [7, 11) is 0. The summed E-state index contributed by atoms with van der Waals surface area (Å²) < 4.78 is 0. The molecule has 0 aliphatic carbocycles. The first-order valence-corrected chi connectivity index (χ1v) is 10.9. The summed E-state index contributed by atoms with van der Waals surface area (Å²) in [6, 6.07) is 26.9. The number of Topliss-reactive ketones (excluding diaryl/α,β-unsaturated/α-hetero) is 2. The van der Waals surface area contributed by atoms with Crippen LogP contribution in [0.4, 0.5) is 0 Å². The highest BCUT2D eigenvalue weighted by Gasteiger charge is 2.07. The number of hydrogen-bond acceptors (Lipinski definition) is 4. The monoisotopic (exact) mass is 446 g/mol. The molecule has 0 N–H and O–H groups in total. The zero-order valence-electron chi connectivity index (χ0n) is 19.3. The molecule has 0 atom stereocenters. The highest BCUT2D eigenvalue weighted by molar-refractivity contribution is 6.24. The van der Waals surface area contributed by atoms with Crippen molar-refractivity contribution >= 4 is 34.9 Å². The molecule has 4 aromatic rings. The molecule has 4 nitrogen and oxygen atoms in total. The van der Waals surface area contributed by atoms with Crippen molar-refractivity contribution in [2.45, 2.75) is 13.8 Å². The lowest BCUT2D eigenvalue weighted by Gasteiger charge is -2.03. The average Bonchev–Trinajstić information content (AvgIpc) is 2.88. The minimum absolute atomic E-state index is 0.0630. The van der Waals surface area contributed by atoms with E-state index in [2.05, 4.69) is 9.97 Å². The quantitative estimate of drug-likeness (QED) is 0.321. The molecule has 168 valence electrons. The Balaban J connectivity index is 0.000000191. The number of aromatic nitrogens is 2. The van der Waals surface area contributed by atoms with Crippen LogP contribution in [-0.2, 0) is 9.59 Å². The number of hydrogen-bond donors (Lipinski definition) is 0. The number of nitrogens with zero attached hydrogens (tertiary/aromatic N) is 2. The summed E-state index contributed by atoms with van der Waals surface area (Å²) in [4.78, 5) is 31.2. The third-order valence-electron chi connectivity index (χ3n) is 4.96. The highest BCUT2D eigenvalue weighted by atomic mass is 16.1. The molecule has 0 spiro atoms. The first kappa shape index (κ1) is 24.2. The molecule has 0 radical (unpaired) electrons. The van der Waals surface area contributed by atoms with Gasteiger partial charge >= 0.3 is 0 Å². The summed E-state index contributed by atoms with van der Waals surface area (Å²) >= 11 is 0. The minimum Gasteiger partial charge on any atom is -0.294 e. The van der Waals surface area contributed by atoms with E-state index in [1.165, 1.54) is 0 Å². The molecule has 2 aromatic carbocycles. The van der Waals surface area contributed by atoms with E-state index in [0.717, 1.165) is 33.4 Å².